The summed E-state index contributed by atoms with van der Waals surface area (Å²) >= 11 is 15.4. The minimum atomic E-state index is -1.72. The number of hydrogen-bond acceptors (Lipinski definition) is 13. The number of aliphatic hydroxyl groups is 3. The SMILES string of the molecule is COC(=O)C(O)(c1cccs1)c1cccs1.C[N+]1(C)C2CC(O)CC1C1OC12.C[N+]1(C)C2CC(OC(=O)C(O)(c3cccs3)c3cccs3)CC1C1OC12.I.I[I-]I.[Br-].[Br-].[I][V][I]. The molecule has 8 unspecified atom stereocenters. The van der Waals surface area contributed by atoms with Crippen LogP contribution >= 0.6 is 147 Å². The molecule has 63 heavy (non-hydrogen) atoms. The molecule has 24 heteroatoms. The topological polar surface area (TPSA) is 138 Å². The van der Waals surface area contributed by atoms with Crippen molar-refractivity contribution in [1.29, 1.82) is 0 Å². The van der Waals surface area contributed by atoms with E-state index in [0.717, 1.165) is 34.6 Å². The molecule has 6 fully saturated rings. The van der Waals surface area contributed by atoms with E-state index < -0.39 is 23.1 Å². The number of fused-ring (bicyclic) bond motifs is 10. The second-order valence-corrected chi connectivity index (χ2v) is 48.0. The van der Waals surface area contributed by atoms with Crippen LogP contribution in [0.3, 0.4) is 0 Å². The first kappa shape index (κ1) is 60.7. The van der Waals surface area contributed by atoms with Gasteiger partial charge in [-0.1, -0.05) is 24.3 Å². The second kappa shape index (κ2) is 26.4. The third-order valence-corrected chi connectivity index (χ3v) is 16.6. The maximum absolute atomic E-state index is 13.1. The van der Waals surface area contributed by atoms with E-state index in [0.29, 0.717) is 90.8 Å². The van der Waals surface area contributed by atoms with Crippen LogP contribution in [0.4, 0.5) is 0 Å². The van der Waals surface area contributed by atoms with E-state index in [1.165, 1.54) is 52.5 Å². The van der Waals surface area contributed by atoms with Gasteiger partial charge in [0.25, 0.3) is 0 Å². The average molecular weight is 1790 g/mol. The standard InChI is InChI=1S/C19H22NO4S2.C11H10O3S2.C9H16NO2.2BrH.I3.3HI.V/c1-20(2)12-9-11(10-13(20)17-16(12)24-17)23-18(21)19(22,14-5-3-7-25-14)15-6-4-8-26-15;1-14-10(12)11(13,8-4-2-6-15-8)9-5-3-7-16-9;1-10(2)6-3-5(11)4-7(10)9-8(6)12-9;;;1-3-2;;;;/h3-8,11-13,16-17,22H,9-10H2,1-2H3;2-7,13H,1H3;5-9,11H,3-4H2,1-2H3;2*1H;;3*1H;/q+1;;+1;;;-1;;;;+2/p-4. The summed E-state index contributed by atoms with van der Waals surface area (Å²) in [5, 5.41) is 38.9. The van der Waals surface area contributed by atoms with E-state index >= 15 is 0 Å². The first-order chi connectivity index (χ1) is 28.5. The summed E-state index contributed by atoms with van der Waals surface area (Å²) in [5.74, 6) is -1.22. The predicted octanol–water partition coefficient (Wildman–Crippen LogP) is -0.530. The summed E-state index contributed by atoms with van der Waals surface area (Å²) in [4.78, 5) is 27.2. The van der Waals surface area contributed by atoms with Gasteiger partial charge in [0.05, 0.1) is 60.9 Å². The zero-order valence-corrected chi connectivity index (χ0v) is 55.3. The van der Waals surface area contributed by atoms with Crippen molar-refractivity contribution in [3.8, 4) is 0 Å². The van der Waals surface area contributed by atoms with Crippen LogP contribution < -0.4 is 47.2 Å². The van der Waals surface area contributed by atoms with E-state index in [-0.39, 0.29) is 70.1 Å². The molecule has 6 saturated heterocycles. The van der Waals surface area contributed by atoms with E-state index in [9.17, 15) is 24.9 Å². The van der Waals surface area contributed by atoms with Gasteiger partial charge in [0.1, 0.15) is 54.7 Å². The van der Waals surface area contributed by atoms with E-state index in [4.69, 9.17) is 14.2 Å². The molecule has 3 N–H and O–H groups in total. The number of likely N-dealkylation sites (N-methyl/N-ethyl adjacent to an activating group) is 2. The third kappa shape index (κ3) is 13.1. The van der Waals surface area contributed by atoms with Gasteiger partial charge in [0.2, 0.25) is 11.2 Å². The molecule has 6 aliphatic heterocycles. The van der Waals surface area contributed by atoms with Gasteiger partial charge in [-0.3, -0.25) is 0 Å². The van der Waals surface area contributed by atoms with Gasteiger partial charge >= 0.3 is 112 Å². The van der Waals surface area contributed by atoms with Crippen molar-refractivity contribution >= 4 is 158 Å². The van der Waals surface area contributed by atoms with Gasteiger partial charge < -0.3 is 77.2 Å². The first-order valence-corrected chi connectivity index (χ1v) is 44.0. The molecular weight excluding hydrogens is 1740 g/mol. The van der Waals surface area contributed by atoms with Crippen molar-refractivity contribution in [3.05, 3.63) is 89.6 Å². The predicted molar refractivity (Wildman–Crippen MR) is 278 cm³/mol. The van der Waals surface area contributed by atoms with Crippen molar-refractivity contribution in [1.82, 2.24) is 0 Å². The summed E-state index contributed by atoms with van der Waals surface area (Å²) in [6.45, 7) is 0. The van der Waals surface area contributed by atoms with Crippen LogP contribution in [0.1, 0.15) is 45.2 Å². The Kier molecular flexibility index (Phi) is 25.4. The van der Waals surface area contributed by atoms with E-state index in [2.05, 4.69) is 110 Å². The van der Waals surface area contributed by atoms with E-state index in [1.807, 2.05) is 33.7 Å². The molecule has 355 valence electrons. The van der Waals surface area contributed by atoms with Crippen molar-refractivity contribution in [3.63, 3.8) is 0 Å². The molecule has 0 saturated carbocycles. The van der Waals surface area contributed by atoms with Gasteiger partial charge in [-0.2, -0.15) is 0 Å². The number of esters is 2. The Hall–Kier alpha value is 3.38. The Labute approximate surface area is 482 Å². The van der Waals surface area contributed by atoms with Crippen LogP contribution in [-0.2, 0) is 49.2 Å². The number of nitrogens with zero attached hydrogens (tertiary/aromatic N) is 2. The van der Waals surface area contributed by atoms with Crippen molar-refractivity contribution in [2.75, 3.05) is 35.3 Å². The Morgan fingerprint density at radius 3 is 1.24 bits per heavy atom. The quantitative estimate of drug-likeness (QED) is 0.0967. The fourth-order valence-corrected chi connectivity index (χ4v) is 12.9. The molecule has 6 aliphatic rings. The number of ether oxygens (including phenoxy) is 4. The van der Waals surface area contributed by atoms with Crippen molar-refractivity contribution < 1.29 is 110 Å². The number of piperidine rings is 2. The van der Waals surface area contributed by atoms with Crippen molar-refractivity contribution in [2.24, 2.45) is 0 Å². The van der Waals surface area contributed by atoms with Gasteiger partial charge in [0, 0.05) is 25.7 Å². The molecule has 0 amide bonds. The fourth-order valence-electron chi connectivity index (χ4n) is 9.49. The number of quaternary nitrogens is 2. The zero-order valence-electron chi connectivity index (χ0n) is 34.3. The molecule has 4 aromatic heterocycles. The Balaban J connectivity index is 0.000000246. The number of carbonyl (C=O) groups is 2. The summed E-state index contributed by atoms with van der Waals surface area (Å²) in [7, 11) is 10.9. The number of hydrogen-bond donors (Lipinski definition) is 3. The number of epoxide rings is 2. The second-order valence-electron chi connectivity index (χ2n) is 16.2. The molecule has 8 atom stereocenters. The molecule has 10 rings (SSSR count). The normalized spacial score (nSPS) is 29.0. The van der Waals surface area contributed by atoms with Gasteiger partial charge in [-0.15, -0.1) is 69.3 Å². The Morgan fingerprint density at radius 2 is 0.968 bits per heavy atom. The summed E-state index contributed by atoms with van der Waals surface area (Å²) < 4.78 is 24.0. The summed E-state index contributed by atoms with van der Waals surface area (Å²) in [6.07, 6.45) is 4.80. The minimum absolute atomic E-state index is 0. The van der Waals surface area contributed by atoms with Crippen molar-refractivity contribution in [2.45, 2.75) is 97.7 Å². The third-order valence-electron chi connectivity index (χ3n) is 12.7. The molecule has 0 aliphatic carbocycles. The molecule has 4 aromatic rings. The van der Waals surface area contributed by atoms with Gasteiger partial charge in [-0.25, -0.2) is 9.59 Å². The van der Waals surface area contributed by atoms with Crippen LogP contribution in [0, 0.1) is 0 Å². The molecule has 0 spiro atoms. The van der Waals surface area contributed by atoms with Crippen LogP contribution in [-0.4, -0.2) is 132 Å². The van der Waals surface area contributed by atoms with Crippen LogP contribution in [0.2, 0.25) is 0 Å². The zero-order chi connectivity index (χ0) is 43.6. The number of rotatable bonds is 7. The van der Waals surface area contributed by atoms with Crippen LogP contribution in [0.25, 0.3) is 0 Å². The number of carbonyl (C=O) groups excluding carboxylic acids is 2. The number of morpholine rings is 2. The summed E-state index contributed by atoms with van der Waals surface area (Å²) in [6, 6.07) is 16.2. The number of methoxy groups -OCH3 is 1. The number of halogens is 8. The molecule has 0 radical (unpaired) electrons. The number of thiophene rings is 4. The molecule has 10 heterocycles. The van der Waals surface area contributed by atoms with Crippen LogP contribution in [0.5, 0.6) is 0 Å². The monoisotopic (exact) mass is 1790 g/mol. The molecule has 0 aromatic carbocycles. The Morgan fingerprint density at radius 1 is 0.683 bits per heavy atom. The number of aliphatic hydroxyl groups excluding tert-OH is 1. The van der Waals surface area contributed by atoms with Gasteiger partial charge in [0.15, 0.2) is 0 Å². The van der Waals surface area contributed by atoms with Crippen LogP contribution in [0.15, 0.2) is 70.1 Å². The first-order valence-electron chi connectivity index (χ1n) is 18.9. The van der Waals surface area contributed by atoms with Gasteiger partial charge in [-0.05, 0) is 45.8 Å². The Bertz CT molecular complexity index is 1890. The molecule has 4 bridgehead atoms. The summed E-state index contributed by atoms with van der Waals surface area (Å²) in [5.41, 5.74) is -3.39. The maximum atomic E-state index is 13.1. The average Bonchev–Trinajstić information content (AvgIpc) is 3.66. The fraction of sp³-hybridized carbons (Fsp3) is 0.538. The molecular formula is C39H49Br2I6N2O9S4V-. The van der Waals surface area contributed by atoms with E-state index in [1.54, 1.807) is 36.4 Å². The molecule has 11 nitrogen and oxygen atoms in total.